The molecular weight excluding hydrogens is 244 g/mol. The first-order valence-corrected chi connectivity index (χ1v) is 7.30. The molecule has 0 aliphatic heterocycles. The maximum Gasteiger partial charge on any atom is 0.193 e. The fourth-order valence-electron chi connectivity index (χ4n) is 3.07. The van der Waals surface area contributed by atoms with Gasteiger partial charge < -0.3 is 0 Å². The summed E-state index contributed by atoms with van der Waals surface area (Å²) >= 11 is 0. The highest BCUT2D eigenvalue weighted by Crippen LogP contribution is 2.25. The zero-order chi connectivity index (χ0) is 14.3. The average molecular weight is 264 g/mol. The fourth-order valence-corrected chi connectivity index (χ4v) is 3.07. The maximum absolute atomic E-state index is 12.7. The molecule has 0 aromatic heterocycles. The molecule has 20 heavy (non-hydrogen) atoms. The molecule has 3 rings (SSSR count). The lowest BCUT2D eigenvalue weighted by molar-refractivity contribution is 0.103. The summed E-state index contributed by atoms with van der Waals surface area (Å²) in [6, 6.07) is 10.3. The Morgan fingerprint density at radius 1 is 0.850 bits per heavy atom. The van der Waals surface area contributed by atoms with Crippen LogP contribution >= 0.6 is 0 Å². The molecule has 2 aromatic carbocycles. The van der Waals surface area contributed by atoms with E-state index in [2.05, 4.69) is 32.0 Å². The van der Waals surface area contributed by atoms with Gasteiger partial charge in [-0.15, -0.1) is 0 Å². The molecule has 1 aliphatic rings. The first-order valence-electron chi connectivity index (χ1n) is 7.30. The number of aryl methyl sites for hydroxylation is 5. The Bertz CT molecular complexity index is 695. The van der Waals surface area contributed by atoms with Gasteiger partial charge in [-0.1, -0.05) is 18.2 Å². The van der Waals surface area contributed by atoms with Crippen molar-refractivity contribution >= 4 is 5.78 Å². The molecule has 0 radical (unpaired) electrons. The summed E-state index contributed by atoms with van der Waals surface area (Å²) in [4.78, 5) is 12.7. The minimum absolute atomic E-state index is 0.153. The molecule has 1 aliphatic carbocycles. The van der Waals surface area contributed by atoms with Crippen LogP contribution in [0.1, 0.15) is 50.2 Å². The Balaban J connectivity index is 2.03. The van der Waals surface area contributed by atoms with Gasteiger partial charge in [-0.3, -0.25) is 4.79 Å². The Morgan fingerprint density at radius 2 is 1.55 bits per heavy atom. The van der Waals surface area contributed by atoms with Crippen molar-refractivity contribution in [1.29, 1.82) is 0 Å². The van der Waals surface area contributed by atoms with Crippen molar-refractivity contribution in [2.24, 2.45) is 0 Å². The van der Waals surface area contributed by atoms with Gasteiger partial charge >= 0.3 is 0 Å². The second-order valence-corrected chi connectivity index (χ2v) is 5.92. The van der Waals surface area contributed by atoms with E-state index in [1.54, 1.807) is 0 Å². The van der Waals surface area contributed by atoms with Crippen LogP contribution in [0.4, 0.5) is 0 Å². The number of hydrogen-bond acceptors (Lipinski definition) is 1. The molecule has 102 valence electrons. The minimum Gasteiger partial charge on any atom is -0.289 e. The first-order chi connectivity index (χ1) is 9.56. The van der Waals surface area contributed by atoms with Crippen molar-refractivity contribution < 1.29 is 4.79 Å². The topological polar surface area (TPSA) is 17.1 Å². The summed E-state index contributed by atoms with van der Waals surface area (Å²) < 4.78 is 0. The predicted molar refractivity (Wildman–Crippen MR) is 82.6 cm³/mol. The van der Waals surface area contributed by atoms with Crippen LogP contribution in [-0.4, -0.2) is 5.78 Å². The van der Waals surface area contributed by atoms with Gasteiger partial charge in [-0.05, 0) is 80.0 Å². The number of hydrogen-bond donors (Lipinski definition) is 0. The van der Waals surface area contributed by atoms with Crippen molar-refractivity contribution in [2.45, 2.75) is 40.0 Å². The molecule has 2 aromatic rings. The van der Waals surface area contributed by atoms with Crippen LogP contribution in [0.25, 0.3) is 0 Å². The Kier molecular flexibility index (Phi) is 3.21. The van der Waals surface area contributed by atoms with Crippen molar-refractivity contribution in [2.75, 3.05) is 0 Å². The van der Waals surface area contributed by atoms with Gasteiger partial charge in [0.2, 0.25) is 0 Å². The summed E-state index contributed by atoms with van der Waals surface area (Å²) in [5, 5.41) is 0. The van der Waals surface area contributed by atoms with E-state index in [1.807, 2.05) is 19.1 Å². The number of carbonyl (C=O) groups excluding carboxylic acids is 1. The third kappa shape index (κ3) is 2.18. The lowest BCUT2D eigenvalue weighted by Gasteiger charge is -2.10. The molecule has 0 atom stereocenters. The molecule has 0 bridgehead atoms. The average Bonchev–Trinajstić information content (AvgIpc) is 2.89. The number of benzene rings is 2. The van der Waals surface area contributed by atoms with Crippen LogP contribution in [0, 0.1) is 20.8 Å². The van der Waals surface area contributed by atoms with Gasteiger partial charge in [0.05, 0.1) is 0 Å². The minimum atomic E-state index is 0.153. The highest BCUT2D eigenvalue weighted by atomic mass is 16.1. The molecule has 0 N–H and O–H groups in total. The van der Waals surface area contributed by atoms with Crippen LogP contribution in [-0.2, 0) is 12.8 Å². The molecule has 0 heterocycles. The second-order valence-electron chi connectivity index (χ2n) is 5.92. The molecule has 1 nitrogen and oxygen atoms in total. The number of rotatable bonds is 2. The summed E-state index contributed by atoms with van der Waals surface area (Å²) in [5.74, 6) is 0.153. The van der Waals surface area contributed by atoms with Crippen LogP contribution in [0.3, 0.4) is 0 Å². The quantitative estimate of drug-likeness (QED) is 0.738. The van der Waals surface area contributed by atoms with Crippen molar-refractivity contribution in [3.05, 3.63) is 69.3 Å². The molecule has 0 unspecified atom stereocenters. The van der Waals surface area contributed by atoms with Crippen molar-refractivity contribution in [3.63, 3.8) is 0 Å². The third-order valence-electron chi connectivity index (χ3n) is 4.45. The zero-order valence-corrected chi connectivity index (χ0v) is 12.4. The number of fused-ring (bicyclic) bond motifs is 1. The van der Waals surface area contributed by atoms with Crippen LogP contribution in [0.2, 0.25) is 0 Å². The smallest absolute Gasteiger partial charge is 0.193 e. The molecule has 0 amide bonds. The van der Waals surface area contributed by atoms with Crippen LogP contribution in [0.5, 0.6) is 0 Å². The van der Waals surface area contributed by atoms with E-state index in [1.165, 1.54) is 28.7 Å². The third-order valence-corrected chi connectivity index (χ3v) is 4.45. The van der Waals surface area contributed by atoms with Gasteiger partial charge in [0.25, 0.3) is 0 Å². The summed E-state index contributed by atoms with van der Waals surface area (Å²) in [5.41, 5.74) is 7.94. The Morgan fingerprint density at radius 3 is 2.35 bits per heavy atom. The highest BCUT2D eigenvalue weighted by molar-refractivity contribution is 6.10. The van der Waals surface area contributed by atoms with Crippen LogP contribution in [0.15, 0.2) is 30.3 Å². The van der Waals surface area contributed by atoms with Gasteiger partial charge in [0.1, 0.15) is 0 Å². The van der Waals surface area contributed by atoms with Gasteiger partial charge in [0.15, 0.2) is 5.78 Å². The summed E-state index contributed by atoms with van der Waals surface area (Å²) in [7, 11) is 0. The summed E-state index contributed by atoms with van der Waals surface area (Å²) in [6.07, 6.45) is 3.49. The largest absolute Gasteiger partial charge is 0.289 e. The maximum atomic E-state index is 12.7. The zero-order valence-electron chi connectivity index (χ0n) is 12.4. The normalized spacial score (nSPS) is 13.3. The van der Waals surface area contributed by atoms with Gasteiger partial charge in [-0.25, -0.2) is 0 Å². The summed E-state index contributed by atoms with van der Waals surface area (Å²) in [6.45, 7) is 6.17. The molecule has 0 spiro atoms. The fraction of sp³-hybridized carbons (Fsp3) is 0.316. The van der Waals surface area contributed by atoms with E-state index in [4.69, 9.17) is 0 Å². The monoisotopic (exact) mass is 264 g/mol. The second kappa shape index (κ2) is 4.90. The van der Waals surface area contributed by atoms with Crippen molar-refractivity contribution in [1.82, 2.24) is 0 Å². The van der Waals surface area contributed by atoms with E-state index in [0.717, 1.165) is 29.5 Å². The molecular formula is C19H20O. The predicted octanol–water partition coefficient (Wildman–Crippen LogP) is 4.33. The number of carbonyl (C=O) groups is 1. The lowest BCUT2D eigenvalue weighted by Crippen LogP contribution is -2.05. The van der Waals surface area contributed by atoms with E-state index < -0.39 is 0 Å². The highest BCUT2D eigenvalue weighted by Gasteiger charge is 2.16. The standard InChI is InChI=1S/C19H20O/c1-12-9-14(3)18(10-13(12)2)19(20)17-8-7-15-5-4-6-16(15)11-17/h7-11H,4-6H2,1-3H3. The van der Waals surface area contributed by atoms with Crippen LogP contribution < -0.4 is 0 Å². The number of ketones is 1. The molecule has 1 heteroatoms. The van der Waals surface area contributed by atoms with Crippen molar-refractivity contribution in [3.8, 4) is 0 Å². The first kappa shape index (κ1) is 13.1. The van der Waals surface area contributed by atoms with E-state index in [9.17, 15) is 4.79 Å². The Labute approximate surface area is 120 Å². The molecule has 0 saturated carbocycles. The van der Waals surface area contributed by atoms with Gasteiger partial charge in [-0.2, -0.15) is 0 Å². The lowest BCUT2D eigenvalue weighted by atomic mass is 9.93. The van der Waals surface area contributed by atoms with Gasteiger partial charge in [0, 0.05) is 11.1 Å². The Hall–Kier alpha value is -1.89. The van der Waals surface area contributed by atoms with E-state index in [-0.39, 0.29) is 5.78 Å². The SMILES string of the molecule is Cc1cc(C)c(C(=O)c2ccc3c(c2)CCC3)cc1C. The van der Waals surface area contributed by atoms with E-state index in [0.29, 0.717) is 0 Å². The van der Waals surface area contributed by atoms with E-state index >= 15 is 0 Å². The molecule has 0 fully saturated rings. The molecule has 0 saturated heterocycles.